The number of benzene rings is 1. The number of rotatable bonds is 6. The van der Waals surface area contributed by atoms with Crippen LogP contribution in [0.5, 0.6) is 0 Å². The molecule has 2 N–H and O–H groups in total. The normalized spacial score (nSPS) is 21.2. The summed E-state index contributed by atoms with van der Waals surface area (Å²) < 4.78 is 0. The van der Waals surface area contributed by atoms with Crippen LogP contribution in [0.25, 0.3) is 0 Å². The van der Waals surface area contributed by atoms with Crippen LogP contribution in [0.15, 0.2) is 30.3 Å². The first kappa shape index (κ1) is 15.8. The van der Waals surface area contributed by atoms with Crippen molar-refractivity contribution in [1.29, 1.82) is 0 Å². The Kier molecular flexibility index (Phi) is 6.05. The Bertz CT molecular complexity index is 436. The summed E-state index contributed by atoms with van der Waals surface area (Å²) >= 11 is 0. The summed E-state index contributed by atoms with van der Waals surface area (Å²) in [5.41, 5.74) is 1.12. The van der Waals surface area contributed by atoms with Crippen molar-refractivity contribution in [3.63, 3.8) is 0 Å². The summed E-state index contributed by atoms with van der Waals surface area (Å²) in [6.45, 7) is 3.48. The van der Waals surface area contributed by atoms with Crippen LogP contribution in [0.4, 0.5) is 4.79 Å². The molecule has 1 aromatic carbocycles. The van der Waals surface area contributed by atoms with E-state index in [4.69, 9.17) is 5.11 Å². The molecule has 1 aliphatic carbocycles. The standard InChI is InChI=1S/C17H26N2O2/c1-14-7-5-10-16(14)18-17(21)19(11-6-12-20)13-15-8-3-2-4-9-15/h2-4,8-9,14,16,20H,5-7,10-13H2,1H3,(H,18,21). The Morgan fingerprint density at radius 3 is 2.71 bits per heavy atom. The zero-order chi connectivity index (χ0) is 15.1. The van der Waals surface area contributed by atoms with Crippen molar-refractivity contribution in [2.45, 2.75) is 45.2 Å². The molecule has 0 radical (unpaired) electrons. The fourth-order valence-corrected chi connectivity index (χ4v) is 2.93. The number of aliphatic hydroxyl groups is 1. The zero-order valence-electron chi connectivity index (χ0n) is 12.8. The van der Waals surface area contributed by atoms with Gasteiger partial charge in [0.2, 0.25) is 0 Å². The topological polar surface area (TPSA) is 52.6 Å². The van der Waals surface area contributed by atoms with E-state index in [1.165, 1.54) is 12.8 Å². The molecule has 0 aliphatic heterocycles. The van der Waals surface area contributed by atoms with Crippen molar-refractivity contribution in [2.75, 3.05) is 13.2 Å². The summed E-state index contributed by atoms with van der Waals surface area (Å²) in [7, 11) is 0. The zero-order valence-corrected chi connectivity index (χ0v) is 12.8. The Hall–Kier alpha value is -1.55. The summed E-state index contributed by atoms with van der Waals surface area (Å²) in [5.74, 6) is 0.561. The van der Waals surface area contributed by atoms with Crippen LogP contribution in [0.2, 0.25) is 0 Å². The Labute approximate surface area is 127 Å². The highest BCUT2D eigenvalue weighted by Gasteiger charge is 2.26. The summed E-state index contributed by atoms with van der Waals surface area (Å²) in [4.78, 5) is 14.3. The molecule has 0 heterocycles. The van der Waals surface area contributed by atoms with Crippen molar-refractivity contribution < 1.29 is 9.90 Å². The number of nitrogens with one attached hydrogen (secondary N) is 1. The van der Waals surface area contributed by atoms with Gasteiger partial charge in [-0.2, -0.15) is 0 Å². The second-order valence-electron chi connectivity index (χ2n) is 5.95. The van der Waals surface area contributed by atoms with Gasteiger partial charge in [0.05, 0.1) is 0 Å². The lowest BCUT2D eigenvalue weighted by Crippen LogP contribution is -2.45. The molecule has 1 aromatic rings. The first-order chi connectivity index (χ1) is 10.2. The molecule has 116 valence electrons. The first-order valence-corrected chi connectivity index (χ1v) is 7.91. The highest BCUT2D eigenvalue weighted by atomic mass is 16.3. The number of carbonyl (C=O) groups excluding carboxylic acids is 1. The highest BCUT2D eigenvalue weighted by molar-refractivity contribution is 5.74. The van der Waals surface area contributed by atoms with Gasteiger partial charge in [-0.15, -0.1) is 0 Å². The van der Waals surface area contributed by atoms with Gasteiger partial charge in [-0.3, -0.25) is 0 Å². The SMILES string of the molecule is CC1CCCC1NC(=O)N(CCCO)Cc1ccccc1. The Morgan fingerprint density at radius 1 is 1.33 bits per heavy atom. The van der Waals surface area contributed by atoms with Crippen LogP contribution < -0.4 is 5.32 Å². The van der Waals surface area contributed by atoms with Gasteiger partial charge in [0.25, 0.3) is 0 Å². The minimum absolute atomic E-state index is 0.00828. The molecule has 21 heavy (non-hydrogen) atoms. The van der Waals surface area contributed by atoms with Gasteiger partial charge in [0, 0.05) is 25.7 Å². The first-order valence-electron chi connectivity index (χ1n) is 7.91. The number of carbonyl (C=O) groups is 1. The van der Waals surface area contributed by atoms with E-state index in [-0.39, 0.29) is 12.6 Å². The second-order valence-corrected chi connectivity index (χ2v) is 5.95. The van der Waals surface area contributed by atoms with Crippen molar-refractivity contribution in [3.05, 3.63) is 35.9 Å². The van der Waals surface area contributed by atoms with E-state index < -0.39 is 0 Å². The molecular formula is C17H26N2O2. The van der Waals surface area contributed by atoms with Crippen LogP contribution in [0.3, 0.4) is 0 Å². The van der Waals surface area contributed by atoms with Crippen molar-refractivity contribution in [3.8, 4) is 0 Å². The lowest BCUT2D eigenvalue weighted by atomic mass is 10.1. The maximum Gasteiger partial charge on any atom is 0.317 e. The number of amides is 2. The molecule has 1 fully saturated rings. The number of hydrogen-bond acceptors (Lipinski definition) is 2. The van der Waals surface area contributed by atoms with Gasteiger partial charge in [-0.05, 0) is 30.7 Å². The van der Waals surface area contributed by atoms with Gasteiger partial charge < -0.3 is 15.3 Å². The molecular weight excluding hydrogens is 264 g/mol. The summed E-state index contributed by atoms with van der Waals surface area (Å²) in [6.07, 6.45) is 4.08. The summed E-state index contributed by atoms with van der Waals surface area (Å²) in [5, 5.41) is 12.2. The third-order valence-electron chi connectivity index (χ3n) is 4.26. The van der Waals surface area contributed by atoms with Crippen LogP contribution in [-0.4, -0.2) is 35.2 Å². The fraction of sp³-hybridized carbons (Fsp3) is 0.588. The molecule has 1 aliphatic rings. The van der Waals surface area contributed by atoms with E-state index >= 15 is 0 Å². The minimum Gasteiger partial charge on any atom is -0.396 e. The largest absolute Gasteiger partial charge is 0.396 e. The molecule has 2 rings (SSSR count). The monoisotopic (exact) mass is 290 g/mol. The molecule has 0 aromatic heterocycles. The summed E-state index contributed by atoms with van der Waals surface area (Å²) in [6, 6.07) is 10.3. The van der Waals surface area contributed by atoms with Gasteiger partial charge in [-0.25, -0.2) is 4.79 Å². The molecule has 0 saturated heterocycles. The molecule has 4 heteroatoms. The average molecular weight is 290 g/mol. The van der Waals surface area contributed by atoms with E-state index in [0.717, 1.165) is 12.0 Å². The predicted molar refractivity (Wildman–Crippen MR) is 83.9 cm³/mol. The molecule has 0 bridgehead atoms. The second kappa shape index (κ2) is 8.03. The molecule has 4 nitrogen and oxygen atoms in total. The smallest absolute Gasteiger partial charge is 0.317 e. The van der Waals surface area contributed by atoms with E-state index in [2.05, 4.69) is 12.2 Å². The number of hydrogen-bond donors (Lipinski definition) is 2. The molecule has 2 amide bonds. The number of nitrogens with zero attached hydrogens (tertiary/aromatic N) is 1. The van der Waals surface area contributed by atoms with Gasteiger partial charge in [0.1, 0.15) is 0 Å². The van der Waals surface area contributed by atoms with Crippen molar-refractivity contribution >= 4 is 6.03 Å². The van der Waals surface area contributed by atoms with Crippen LogP contribution >= 0.6 is 0 Å². The van der Waals surface area contributed by atoms with Crippen molar-refractivity contribution in [2.24, 2.45) is 5.92 Å². The van der Waals surface area contributed by atoms with Crippen LogP contribution in [-0.2, 0) is 6.54 Å². The third kappa shape index (κ3) is 4.74. The molecule has 1 saturated carbocycles. The maximum atomic E-state index is 12.5. The van der Waals surface area contributed by atoms with Gasteiger partial charge in [0.15, 0.2) is 0 Å². The number of urea groups is 1. The third-order valence-corrected chi connectivity index (χ3v) is 4.26. The molecule has 2 atom stereocenters. The molecule has 2 unspecified atom stereocenters. The average Bonchev–Trinajstić information content (AvgIpc) is 2.89. The Morgan fingerprint density at radius 2 is 2.10 bits per heavy atom. The highest BCUT2D eigenvalue weighted by Crippen LogP contribution is 2.25. The fourth-order valence-electron chi connectivity index (χ4n) is 2.93. The van der Waals surface area contributed by atoms with E-state index in [1.807, 2.05) is 30.3 Å². The van der Waals surface area contributed by atoms with E-state index in [1.54, 1.807) is 4.90 Å². The van der Waals surface area contributed by atoms with Crippen LogP contribution in [0, 0.1) is 5.92 Å². The van der Waals surface area contributed by atoms with Crippen LogP contribution in [0.1, 0.15) is 38.2 Å². The lowest BCUT2D eigenvalue weighted by molar-refractivity contribution is 0.180. The van der Waals surface area contributed by atoms with E-state index in [0.29, 0.717) is 31.5 Å². The Balaban J connectivity index is 1.95. The van der Waals surface area contributed by atoms with Crippen molar-refractivity contribution in [1.82, 2.24) is 10.2 Å². The lowest BCUT2D eigenvalue weighted by Gasteiger charge is -2.26. The van der Waals surface area contributed by atoms with E-state index in [9.17, 15) is 4.79 Å². The van der Waals surface area contributed by atoms with Gasteiger partial charge >= 0.3 is 6.03 Å². The maximum absolute atomic E-state index is 12.5. The number of aliphatic hydroxyl groups excluding tert-OH is 1. The minimum atomic E-state index is -0.00828. The predicted octanol–water partition coefficient (Wildman–Crippen LogP) is 2.77. The quantitative estimate of drug-likeness (QED) is 0.846. The molecule has 0 spiro atoms. The van der Waals surface area contributed by atoms with Gasteiger partial charge in [-0.1, -0.05) is 43.7 Å².